The highest BCUT2D eigenvalue weighted by atomic mass is 16.5. The first kappa shape index (κ1) is 11.1. The van der Waals surface area contributed by atoms with Crippen LogP contribution < -0.4 is 4.74 Å². The van der Waals surface area contributed by atoms with Gasteiger partial charge in [-0.1, -0.05) is 26.8 Å². The zero-order chi connectivity index (χ0) is 10.8. The van der Waals surface area contributed by atoms with Crippen molar-refractivity contribution in [3.63, 3.8) is 0 Å². The Hall–Kier alpha value is -0.980. The van der Waals surface area contributed by atoms with E-state index >= 15 is 0 Å². The normalized spacial score (nSPS) is 11.5. The second kappa shape index (κ2) is 4.04. The van der Waals surface area contributed by atoms with E-state index in [0.717, 1.165) is 12.2 Å². The first-order chi connectivity index (χ1) is 6.42. The number of hydrogen-bond acceptors (Lipinski definition) is 1. The van der Waals surface area contributed by atoms with Crippen molar-refractivity contribution in [2.45, 2.75) is 34.1 Å². The largest absolute Gasteiger partial charge is 0.497 e. The number of aryl methyl sites for hydroxylation is 1. The van der Waals surface area contributed by atoms with Crippen LogP contribution in [0.4, 0.5) is 0 Å². The maximum atomic E-state index is 5.18. The standard InChI is InChI=1S/C13H20O/c1-10-8-12(14-5)7-6-11(10)9-13(2,3)4/h6-8H,9H2,1-5H3. The second-order valence-electron chi connectivity index (χ2n) is 5.03. The Morgan fingerprint density at radius 3 is 2.29 bits per heavy atom. The molecule has 1 aromatic carbocycles. The number of hydrogen-bond donors (Lipinski definition) is 0. The molecule has 0 aliphatic rings. The summed E-state index contributed by atoms with van der Waals surface area (Å²) in [6.07, 6.45) is 1.11. The molecule has 0 saturated carbocycles. The molecule has 0 fully saturated rings. The van der Waals surface area contributed by atoms with E-state index in [4.69, 9.17) is 4.74 Å². The molecule has 0 bridgehead atoms. The topological polar surface area (TPSA) is 9.23 Å². The van der Waals surface area contributed by atoms with Crippen molar-refractivity contribution in [2.75, 3.05) is 7.11 Å². The highest BCUT2D eigenvalue weighted by Crippen LogP contribution is 2.25. The van der Waals surface area contributed by atoms with Gasteiger partial charge < -0.3 is 4.74 Å². The van der Waals surface area contributed by atoms with E-state index in [9.17, 15) is 0 Å². The maximum absolute atomic E-state index is 5.18. The molecular weight excluding hydrogens is 172 g/mol. The van der Waals surface area contributed by atoms with E-state index in [2.05, 4.69) is 39.8 Å². The molecule has 0 aliphatic carbocycles. The first-order valence-corrected chi connectivity index (χ1v) is 5.06. The molecule has 14 heavy (non-hydrogen) atoms. The fraction of sp³-hybridized carbons (Fsp3) is 0.538. The third-order valence-electron chi connectivity index (χ3n) is 2.27. The van der Waals surface area contributed by atoms with E-state index in [1.54, 1.807) is 7.11 Å². The predicted molar refractivity (Wildman–Crippen MR) is 60.9 cm³/mol. The van der Waals surface area contributed by atoms with E-state index in [0.29, 0.717) is 5.41 Å². The van der Waals surface area contributed by atoms with E-state index < -0.39 is 0 Å². The molecular formula is C13H20O. The first-order valence-electron chi connectivity index (χ1n) is 5.06. The lowest BCUT2D eigenvalue weighted by molar-refractivity contribution is 0.405. The molecule has 78 valence electrons. The van der Waals surface area contributed by atoms with Crippen molar-refractivity contribution in [2.24, 2.45) is 5.41 Å². The summed E-state index contributed by atoms with van der Waals surface area (Å²) >= 11 is 0. The van der Waals surface area contributed by atoms with Gasteiger partial charge in [0.05, 0.1) is 7.11 Å². The highest BCUT2D eigenvalue weighted by molar-refractivity contribution is 5.35. The molecule has 0 atom stereocenters. The van der Waals surface area contributed by atoms with Crippen LogP contribution in [0.15, 0.2) is 18.2 Å². The lowest BCUT2D eigenvalue weighted by Crippen LogP contribution is -2.10. The second-order valence-corrected chi connectivity index (χ2v) is 5.03. The van der Waals surface area contributed by atoms with Crippen LogP contribution in [-0.2, 0) is 6.42 Å². The van der Waals surface area contributed by atoms with Crippen LogP contribution in [0.3, 0.4) is 0 Å². The van der Waals surface area contributed by atoms with Gasteiger partial charge in [0, 0.05) is 0 Å². The summed E-state index contributed by atoms with van der Waals surface area (Å²) in [5, 5.41) is 0. The summed E-state index contributed by atoms with van der Waals surface area (Å²) < 4.78 is 5.18. The van der Waals surface area contributed by atoms with Crippen LogP contribution in [0, 0.1) is 12.3 Å². The summed E-state index contributed by atoms with van der Waals surface area (Å²) in [7, 11) is 1.71. The summed E-state index contributed by atoms with van der Waals surface area (Å²) in [6, 6.07) is 6.30. The zero-order valence-corrected chi connectivity index (χ0v) is 9.85. The Morgan fingerprint density at radius 1 is 1.21 bits per heavy atom. The lowest BCUT2D eigenvalue weighted by Gasteiger charge is -2.19. The monoisotopic (exact) mass is 192 g/mol. The van der Waals surface area contributed by atoms with E-state index in [1.165, 1.54) is 11.1 Å². The molecule has 0 heterocycles. The molecule has 0 spiro atoms. The minimum Gasteiger partial charge on any atom is -0.497 e. The third kappa shape index (κ3) is 3.06. The summed E-state index contributed by atoms with van der Waals surface area (Å²) in [5.41, 5.74) is 3.08. The fourth-order valence-electron chi connectivity index (χ4n) is 1.57. The Kier molecular flexibility index (Phi) is 3.20. The van der Waals surface area contributed by atoms with Gasteiger partial charge in [0.15, 0.2) is 0 Å². The maximum Gasteiger partial charge on any atom is 0.119 e. The van der Waals surface area contributed by atoms with Gasteiger partial charge >= 0.3 is 0 Å². The van der Waals surface area contributed by atoms with Crippen molar-refractivity contribution in [1.29, 1.82) is 0 Å². The van der Waals surface area contributed by atoms with Gasteiger partial charge in [-0.25, -0.2) is 0 Å². The lowest BCUT2D eigenvalue weighted by atomic mass is 9.86. The van der Waals surface area contributed by atoms with Crippen molar-refractivity contribution < 1.29 is 4.74 Å². The predicted octanol–water partition coefficient (Wildman–Crippen LogP) is 3.59. The van der Waals surface area contributed by atoms with Gasteiger partial charge in [-0.2, -0.15) is 0 Å². The van der Waals surface area contributed by atoms with Crippen LogP contribution in [0.5, 0.6) is 5.75 Å². The Bertz CT molecular complexity index is 308. The number of rotatable bonds is 2. The molecule has 0 aromatic heterocycles. The van der Waals surface area contributed by atoms with Crippen LogP contribution >= 0.6 is 0 Å². The van der Waals surface area contributed by atoms with Crippen molar-refractivity contribution in [1.82, 2.24) is 0 Å². The molecule has 0 aliphatic heterocycles. The van der Waals surface area contributed by atoms with Crippen LogP contribution in [0.25, 0.3) is 0 Å². The highest BCUT2D eigenvalue weighted by Gasteiger charge is 2.12. The molecule has 0 unspecified atom stereocenters. The van der Waals surface area contributed by atoms with Crippen molar-refractivity contribution in [3.8, 4) is 5.75 Å². The zero-order valence-electron chi connectivity index (χ0n) is 9.85. The van der Waals surface area contributed by atoms with Crippen LogP contribution in [0.1, 0.15) is 31.9 Å². The molecule has 1 rings (SSSR count). The quantitative estimate of drug-likeness (QED) is 0.695. The Morgan fingerprint density at radius 2 is 1.86 bits per heavy atom. The fourth-order valence-corrected chi connectivity index (χ4v) is 1.57. The SMILES string of the molecule is COc1ccc(CC(C)(C)C)c(C)c1. The van der Waals surface area contributed by atoms with Gasteiger partial charge in [-0.3, -0.25) is 0 Å². The smallest absolute Gasteiger partial charge is 0.119 e. The average Bonchev–Trinajstić information content (AvgIpc) is 2.06. The Balaban J connectivity index is 2.89. The van der Waals surface area contributed by atoms with Crippen LogP contribution in [0.2, 0.25) is 0 Å². The molecule has 0 radical (unpaired) electrons. The van der Waals surface area contributed by atoms with Crippen LogP contribution in [-0.4, -0.2) is 7.11 Å². The molecule has 0 saturated heterocycles. The third-order valence-corrected chi connectivity index (χ3v) is 2.27. The average molecular weight is 192 g/mol. The van der Waals surface area contributed by atoms with E-state index in [-0.39, 0.29) is 0 Å². The van der Waals surface area contributed by atoms with Gasteiger partial charge in [-0.15, -0.1) is 0 Å². The van der Waals surface area contributed by atoms with Gasteiger partial charge in [0.2, 0.25) is 0 Å². The summed E-state index contributed by atoms with van der Waals surface area (Å²) in [6.45, 7) is 8.92. The minimum absolute atomic E-state index is 0.347. The van der Waals surface area contributed by atoms with E-state index in [1.807, 2.05) is 6.07 Å². The van der Waals surface area contributed by atoms with Crippen molar-refractivity contribution >= 4 is 0 Å². The molecule has 1 heteroatoms. The number of ether oxygens (including phenoxy) is 1. The van der Waals surface area contributed by atoms with Crippen molar-refractivity contribution in [3.05, 3.63) is 29.3 Å². The number of benzene rings is 1. The summed E-state index contributed by atoms with van der Waals surface area (Å²) in [5.74, 6) is 0.945. The summed E-state index contributed by atoms with van der Waals surface area (Å²) in [4.78, 5) is 0. The molecule has 1 aromatic rings. The van der Waals surface area contributed by atoms with Gasteiger partial charge in [-0.05, 0) is 42.0 Å². The minimum atomic E-state index is 0.347. The molecule has 0 N–H and O–H groups in total. The molecule has 1 nitrogen and oxygen atoms in total. The number of methoxy groups -OCH3 is 1. The van der Waals surface area contributed by atoms with Gasteiger partial charge in [0.25, 0.3) is 0 Å². The van der Waals surface area contributed by atoms with Gasteiger partial charge in [0.1, 0.15) is 5.75 Å². The molecule has 0 amide bonds. The Labute approximate surface area is 87.1 Å².